The molecule has 0 saturated heterocycles. The molecule has 0 radical (unpaired) electrons. The molecule has 1 amide bonds. The molecule has 1 aromatic heterocycles. The Morgan fingerprint density at radius 2 is 1.70 bits per heavy atom. The zero-order valence-electron chi connectivity index (χ0n) is 19.4. The Kier molecular flexibility index (Phi) is 6.59. The number of methoxy groups -OCH3 is 2. The third-order valence-corrected chi connectivity index (χ3v) is 5.51. The highest BCUT2D eigenvalue weighted by Crippen LogP contribution is 2.31. The van der Waals surface area contributed by atoms with Crippen molar-refractivity contribution in [3.8, 4) is 22.8 Å². The summed E-state index contributed by atoms with van der Waals surface area (Å²) in [6.45, 7) is 4.42. The summed E-state index contributed by atoms with van der Waals surface area (Å²) in [6.07, 6.45) is 1.03. The second kappa shape index (κ2) is 9.74. The van der Waals surface area contributed by atoms with Gasteiger partial charge in [-0.1, -0.05) is 56.3 Å². The molecule has 0 aliphatic heterocycles. The highest BCUT2D eigenvalue weighted by atomic mass is 16.5. The van der Waals surface area contributed by atoms with Gasteiger partial charge in [0.15, 0.2) is 0 Å². The summed E-state index contributed by atoms with van der Waals surface area (Å²) in [5.74, 6) is 1.55. The van der Waals surface area contributed by atoms with E-state index in [4.69, 9.17) is 14.5 Å². The lowest BCUT2D eigenvalue weighted by Gasteiger charge is -2.14. The molecule has 1 N–H and O–H groups in total. The number of nitrogens with one attached hydrogen (secondary N) is 1. The molecular formula is C28H28N2O3. The molecular weight excluding hydrogens is 412 g/mol. The van der Waals surface area contributed by atoms with E-state index in [0.717, 1.165) is 28.6 Å². The average molecular weight is 441 g/mol. The van der Waals surface area contributed by atoms with Crippen LogP contribution in [-0.2, 0) is 6.42 Å². The Morgan fingerprint density at radius 3 is 2.39 bits per heavy atom. The van der Waals surface area contributed by atoms with E-state index in [-0.39, 0.29) is 5.91 Å². The van der Waals surface area contributed by atoms with E-state index in [1.165, 1.54) is 5.56 Å². The summed E-state index contributed by atoms with van der Waals surface area (Å²) < 4.78 is 10.7. The van der Waals surface area contributed by atoms with E-state index in [1.807, 2.05) is 30.3 Å². The Morgan fingerprint density at radius 1 is 0.939 bits per heavy atom. The van der Waals surface area contributed by atoms with Gasteiger partial charge in [0.2, 0.25) is 0 Å². The number of rotatable bonds is 7. The molecule has 0 saturated carbocycles. The Labute approximate surface area is 194 Å². The van der Waals surface area contributed by atoms with Gasteiger partial charge in [-0.05, 0) is 42.2 Å². The number of anilines is 1. The van der Waals surface area contributed by atoms with E-state index in [0.29, 0.717) is 28.7 Å². The number of nitrogens with zero attached hydrogens (tertiary/aromatic N) is 1. The van der Waals surface area contributed by atoms with Crippen LogP contribution in [0.5, 0.6) is 11.5 Å². The van der Waals surface area contributed by atoms with Gasteiger partial charge in [0, 0.05) is 17.0 Å². The van der Waals surface area contributed by atoms with Crippen molar-refractivity contribution in [2.75, 3.05) is 19.5 Å². The summed E-state index contributed by atoms with van der Waals surface area (Å²) in [5, 5.41) is 3.77. The summed E-state index contributed by atoms with van der Waals surface area (Å²) in [6, 6.07) is 23.2. The fourth-order valence-electron chi connectivity index (χ4n) is 3.90. The van der Waals surface area contributed by atoms with Crippen molar-refractivity contribution in [2.24, 2.45) is 5.92 Å². The van der Waals surface area contributed by atoms with Crippen molar-refractivity contribution in [2.45, 2.75) is 20.3 Å². The first-order valence-corrected chi connectivity index (χ1v) is 11.0. The van der Waals surface area contributed by atoms with Crippen LogP contribution in [0.25, 0.3) is 22.2 Å². The molecule has 0 fully saturated rings. The molecule has 168 valence electrons. The van der Waals surface area contributed by atoms with Crippen LogP contribution in [0.3, 0.4) is 0 Å². The topological polar surface area (TPSA) is 60.5 Å². The van der Waals surface area contributed by atoms with Crippen LogP contribution in [0, 0.1) is 5.92 Å². The summed E-state index contributed by atoms with van der Waals surface area (Å²) in [4.78, 5) is 18.2. The number of pyridine rings is 1. The lowest BCUT2D eigenvalue weighted by Crippen LogP contribution is -2.14. The minimum Gasteiger partial charge on any atom is -0.497 e. The predicted molar refractivity (Wildman–Crippen MR) is 133 cm³/mol. The minimum absolute atomic E-state index is 0.238. The van der Waals surface area contributed by atoms with Crippen LogP contribution in [0.1, 0.15) is 29.8 Å². The average Bonchev–Trinajstić information content (AvgIpc) is 2.83. The fourth-order valence-corrected chi connectivity index (χ4v) is 3.90. The smallest absolute Gasteiger partial charge is 0.256 e. The van der Waals surface area contributed by atoms with Crippen molar-refractivity contribution >= 4 is 22.5 Å². The number of benzene rings is 3. The first kappa shape index (κ1) is 22.3. The van der Waals surface area contributed by atoms with E-state index in [2.05, 4.69) is 43.4 Å². The molecule has 4 rings (SSSR count). The highest BCUT2D eigenvalue weighted by Gasteiger charge is 2.16. The monoisotopic (exact) mass is 440 g/mol. The Bertz CT molecular complexity index is 1280. The second-order valence-corrected chi connectivity index (χ2v) is 8.39. The molecule has 4 aromatic rings. The maximum absolute atomic E-state index is 13.4. The maximum atomic E-state index is 13.4. The second-order valence-electron chi connectivity index (χ2n) is 8.39. The standard InChI is InChI=1S/C28H28N2O3/c1-18(2)15-19-9-11-20(12-10-19)25-17-23(22-7-5-6-8-24(22)29-25)28(31)30-26-16-21(32-3)13-14-27(26)33-4/h5-14,16-18H,15H2,1-4H3,(H,30,31). The van der Waals surface area contributed by atoms with E-state index in [1.54, 1.807) is 32.4 Å². The van der Waals surface area contributed by atoms with Crippen LogP contribution in [0.15, 0.2) is 72.8 Å². The van der Waals surface area contributed by atoms with Crippen molar-refractivity contribution in [1.82, 2.24) is 4.98 Å². The molecule has 0 aliphatic rings. The largest absolute Gasteiger partial charge is 0.497 e. The fraction of sp³-hybridized carbons (Fsp3) is 0.214. The molecule has 0 bridgehead atoms. The number of aromatic nitrogens is 1. The molecule has 0 spiro atoms. The number of carbonyl (C=O) groups excluding carboxylic acids is 1. The lowest BCUT2D eigenvalue weighted by molar-refractivity contribution is 0.102. The SMILES string of the molecule is COc1ccc(OC)c(NC(=O)c2cc(-c3ccc(CC(C)C)cc3)nc3ccccc23)c1. The van der Waals surface area contributed by atoms with Crippen LogP contribution in [0.4, 0.5) is 5.69 Å². The molecule has 0 unspecified atom stereocenters. The quantitative estimate of drug-likeness (QED) is 0.363. The molecule has 1 heterocycles. The number of fused-ring (bicyclic) bond motifs is 1. The molecule has 0 atom stereocenters. The van der Waals surface area contributed by atoms with Gasteiger partial charge in [0.1, 0.15) is 11.5 Å². The number of hydrogen-bond donors (Lipinski definition) is 1. The number of carbonyl (C=O) groups is 1. The predicted octanol–water partition coefficient (Wildman–Crippen LogP) is 6.37. The first-order valence-electron chi connectivity index (χ1n) is 11.0. The van der Waals surface area contributed by atoms with Crippen molar-refractivity contribution in [3.63, 3.8) is 0 Å². The molecule has 5 heteroatoms. The minimum atomic E-state index is -0.238. The van der Waals surface area contributed by atoms with Crippen molar-refractivity contribution < 1.29 is 14.3 Å². The lowest BCUT2D eigenvalue weighted by atomic mass is 9.99. The third-order valence-electron chi connectivity index (χ3n) is 5.51. The number of para-hydroxylation sites is 1. The van der Waals surface area contributed by atoms with Crippen molar-refractivity contribution in [3.05, 3.63) is 83.9 Å². The van der Waals surface area contributed by atoms with Crippen LogP contribution < -0.4 is 14.8 Å². The van der Waals surface area contributed by atoms with Gasteiger partial charge in [-0.15, -0.1) is 0 Å². The van der Waals surface area contributed by atoms with Crippen LogP contribution in [0.2, 0.25) is 0 Å². The van der Waals surface area contributed by atoms with Crippen LogP contribution >= 0.6 is 0 Å². The zero-order valence-corrected chi connectivity index (χ0v) is 19.4. The zero-order chi connectivity index (χ0) is 23.4. The number of amides is 1. The van der Waals surface area contributed by atoms with Gasteiger partial charge in [0.05, 0.1) is 36.7 Å². The summed E-state index contributed by atoms with van der Waals surface area (Å²) in [7, 11) is 3.16. The Hall–Kier alpha value is -3.86. The molecule has 3 aromatic carbocycles. The van der Waals surface area contributed by atoms with Gasteiger partial charge in [0.25, 0.3) is 5.91 Å². The Balaban J connectivity index is 1.74. The van der Waals surface area contributed by atoms with Gasteiger partial charge in [-0.25, -0.2) is 4.98 Å². The molecule has 33 heavy (non-hydrogen) atoms. The third kappa shape index (κ3) is 4.98. The molecule has 0 aliphatic carbocycles. The van der Waals surface area contributed by atoms with E-state index >= 15 is 0 Å². The first-order chi connectivity index (χ1) is 16.0. The van der Waals surface area contributed by atoms with Crippen LogP contribution in [-0.4, -0.2) is 25.1 Å². The van der Waals surface area contributed by atoms with Crippen molar-refractivity contribution in [1.29, 1.82) is 0 Å². The normalized spacial score (nSPS) is 10.9. The van der Waals surface area contributed by atoms with Gasteiger partial charge < -0.3 is 14.8 Å². The number of ether oxygens (including phenoxy) is 2. The maximum Gasteiger partial charge on any atom is 0.256 e. The number of hydrogen-bond acceptors (Lipinski definition) is 4. The van der Waals surface area contributed by atoms with Gasteiger partial charge >= 0.3 is 0 Å². The summed E-state index contributed by atoms with van der Waals surface area (Å²) in [5.41, 5.74) is 4.88. The van der Waals surface area contributed by atoms with E-state index < -0.39 is 0 Å². The van der Waals surface area contributed by atoms with Gasteiger partial charge in [-0.3, -0.25) is 4.79 Å². The summed E-state index contributed by atoms with van der Waals surface area (Å²) >= 11 is 0. The van der Waals surface area contributed by atoms with E-state index in [9.17, 15) is 4.79 Å². The highest BCUT2D eigenvalue weighted by molar-refractivity contribution is 6.13. The molecule has 5 nitrogen and oxygen atoms in total. The van der Waals surface area contributed by atoms with Gasteiger partial charge in [-0.2, -0.15) is 0 Å².